The molecular weight excluding hydrogens is 241 g/mol. The maximum atomic E-state index is 13.2. The van der Waals surface area contributed by atoms with E-state index in [1.807, 2.05) is 17.8 Å². The third-order valence-corrected chi connectivity index (χ3v) is 2.86. The fraction of sp³-hybridized carbons (Fsp3) is 0.250. The van der Waals surface area contributed by atoms with Crippen LogP contribution in [-0.2, 0) is 13.5 Å². The van der Waals surface area contributed by atoms with E-state index < -0.39 is 5.82 Å². The molecule has 5 heteroatoms. The van der Waals surface area contributed by atoms with Crippen molar-refractivity contribution in [3.63, 3.8) is 0 Å². The largest absolute Gasteiger partial charge is 0.385 e. The summed E-state index contributed by atoms with van der Waals surface area (Å²) >= 11 is 5.60. The molecule has 2 rings (SSSR count). The minimum absolute atomic E-state index is 0.141. The van der Waals surface area contributed by atoms with Crippen molar-refractivity contribution in [1.29, 1.82) is 0 Å². The highest BCUT2D eigenvalue weighted by Crippen LogP contribution is 2.18. The number of nitrogens with one attached hydrogen (secondary N) is 1. The van der Waals surface area contributed by atoms with Crippen LogP contribution in [0, 0.1) is 5.82 Å². The molecule has 1 heterocycles. The van der Waals surface area contributed by atoms with Crippen molar-refractivity contribution < 1.29 is 4.39 Å². The van der Waals surface area contributed by atoms with Gasteiger partial charge in [-0.1, -0.05) is 11.6 Å². The molecule has 1 aromatic carbocycles. The molecule has 0 radical (unpaired) electrons. The molecule has 0 saturated carbocycles. The molecule has 17 heavy (non-hydrogen) atoms. The quantitative estimate of drug-likeness (QED) is 0.908. The number of aromatic nitrogens is 2. The number of anilines is 1. The molecule has 0 spiro atoms. The first-order valence-corrected chi connectivity index (χ1v) is 5.70. The van der Waals surface area contributed by atoms with Gasteiger partial charge in [0.15, 0.2) is 0 Å². The van der Waals surface area contributed by atoms with Crippen LogP contribution in [-0.4, -0.2) is 16.3 Å². The number of rotatable bonds is 4. The second-order valence-electron chi connectivity index (χ2n) is 3.75. The Morgan fingerprint density at radius 1 is 1.41 bits per heavy atom. The Hall–Kier alpha value is -1.55. The van der Waals surface area contributed by atoms with E-state index in [9.17, 15) is 4.39 Å². The van der Waals surface area contributed by atoms with E-state index >= 15 is 0 Å². The predicted octanol–water partition coefficient (Wildman–Crippen LogP) is 2.87. The van der Waals surface area contributed by atoms with Gasteiger partial charge in [0, 0.05) is 37.6 Å². The van der Waals surface area contributed by atoms with Crippen molar-refractivity contribution in [3.8, 4) is 0 Å². The van der Waals surface area contributed by atoms with Crippen molar-refractivity contribution >= 4 is 17.3 Å². The van der Waals surface area contributed by atoms with Crippen LogP contribution in [0.3, 0.4) is 0 Å². The van der Waals surface area contributed by atoms with Crippen LogP contribution < -0.4 is 5.32 Å². The molecule has 0 aliphatic heterocycles. The molecule has 0 bridgehead atoms. The Morgan fingerprint density at radius 2 is 2.24 bits per heavy atom. The zero-order valence-corrected chi connectivity index (χ0v) is 10.2. The van der Waals surface area contributed by atoms with Gasteiger partial charge in [-0.05, 0) is 24.3 Å². The van der Waals surface area contributed by atoms with Crippen LogP contribution in [0.5, 0.6) is 0 Å². The van der Waals surface area contributed by atoms with Gasteiger partial charge in [0.1, 0.15) is 5.82 Å². The summed E-state index contributed by atoms with van der Waals surface area (Å²) in [6.45, 7) is 0.723. The van der Waals surface area contributed by atoms with Crippen molar-refractivity contribution in [3.05, 3.63) is 47.0 Å². The van der Waals surface area contributed by atoms with E-state index in [1.165, 1.54) is 6.07 Å². The lowest BCUT2D eigenvalue weighted by molar-refractivity contribution is 0.628. The van der Waals surface area contributed by atoms with Crippen LogP contribution >= 0.6 is 11.6 Å². The van der Waals surface area contributed by atoms with Gasteiger partial charge in [0.2, 0.25) is 0 Å². The van der Waals surface area contributed by atoms with Gasteiger partial charge in [0.25, 0.3) is 0 Å². The molecule has 2 aromatic rings. The lowest BCUT2D eigenvalue weighted by Gasteiger charge is -2.07. The highest BCUT2D eigenvalue weighted by atomic mass is 35.5. The highest BCUT2D eigenvalue weighted by molar-refractivity contribution is 6.30. The van der Waals surface area contributed by atoms with E-state index in [2.05, 4.69) is 10.4 Å². The number of hydrogen-bond acceptors (Lipinski definition) is 2. The summed E-state index contributed by atoms with van der Waals surface area (Å²) in [7, 11) is 1.90. The molecule has 1 aromatic heterocycles. The van der Waals surface area contributed by atoms with Crippen molar-refractivity contribution in [2.45, 2.75) is 6.42 Å². The van der Waals surface area contributed by atoms with Gasteiger partial charge in [-0.25, -0.2) is 4.39 Å². The third-order valence-electron chi connectivity index (χ3n) is 2.55. The second-order valence-corrected chi connectivity index (χ2v) is 4.16. The Labute approximate surface area is 104 Å². The Bertz CT molecular complexity index is 510. The Balaban J connectivity index is 1.90. The zero-order valence-electron chi connectivity index (χ0n) is 9.45. The summed E-state index contributed by atoms with van der Waals surface area (Å²) in [6, 6.07) is 6.66. The fourth-order valence-corrected chi connectivity index (χ4v) is 1.71. The predicted molar refractivity (Wildman–Crippen MR) is 66.8 cm³/mol. The van der Waals surface area contributed by atoms with Crippen LogP contribution in [0.25, 0.3) is 0 Å². The fourth-order valence-electron chi connectivity index (χ4n) is 1.59. The lowest BCUT2D eigenvalue weighted by atomic mass is 10.2. The van der Waals surface area contributed by atoms with Crippen LogP contribution in [0.2, 0.25) is 5.02 Å². The molecule has 0 unspecified atom stereocenters. The minimum Gasteiger partial charge on any atom is -0.385 e. The summed E-state index contributed by atoms with van der Waals surface area (Å²) in [5, 5.41) is 7.36. The monoisotopic (exact) mass is 253 g/mol. The molecule has 0 amide bonds. The molecule has 0 saturated heterocycles. The number of nitrogens with zero attached hydrogens (tertiary/aromatic N) is 2. The molecular formula is C12H13ClFN3. The van der Waals surface area contributed by atoms with E-state index in [0.29, 0.717) is 0 Å². The number of aryl methyl sites for hydroxylation is 1. The number of benzene rings is 1. The highest BCUT2D eigenvalue weighted by Gasteiger charge is 2.01. The van der Waals surface area contributed by atoms with Crippen LogP contribution in [0.1, 0.15) is 5.69 Å². The van der Waals surface area contributed by atoms with Crippen molar-refractivity contribution in [2.24, 2.45) is 7.05 Å². The van der Waals surface area contributed by atoms with Gasteiger partial charge in [-0.2, -0.15) is 5.10 Å². The number of halogens is 2. The first kappa shape index (κ1) is 11.9. The summed E-state index contributed by atoms with van der Waals surface area (Å²) in [6.07, 6.45) is 2.60. The molecule has 0 atom stereocenters. The second kappa shape index (κ2) is 5.19. The first-order valence-electron chi connectivity index (χ1n) is 5.32. The maximum Gasteiger partial charge on any atom is 0.143 e. The molecule has 0 fully saturated rings. The molecule has 90 valence electrons. The molecule has 3 nitrogen and oxygen atoms in total. The number of hydrogen-bond donors (Lipinski definition) is 1. The third kappa shape index (κ3) is 2.97. The van der Waals surface area contributed by atoms with Crippen LogP contribution in [0.4, 0.5) is 10.1 Å². The first-order chi connectivity index (χ1) is 8.16. The Morgan fingerprint density at radius 3 is 2.88 bits per heavy atom. The Kier molecular flexibility index (Phi) is 3.64. The van der Waals surface area contributed by atoms with Gasteiger partial charge >= 0.3 is 0 Å². The summed E-state index contributed by atoms with van der Waals surface area (Å²) < 4.78 is 15.0. The van der Waals surface area contributed by atoms with E-state index in [-0.39, 0.29) is 5.02 Å². The normalized spacial score (nSPS) is 10.5. The van der Waals surface area contributed by atoms with Gasteiger partial charge in [-0.3, -0.25) is 4.68 Å². The standard InChI is InChI=1S/C12H13ClFN3/c1-17-10(5-7-16-17)4-6-15-9-2-3-11(13)12(14)8-9/h2-3,5,7-8,15H,4,6H2,1H3. The average Bonchev–Trinajstić information content (AvgIpc) is 2.70. The summed E-state index contributed by atoms with van der Waals surface area (Å²) in [4.78, 5) is 0. The smallest absolute Gasteiger partial charge is 0.143 e. The van der Waals surface area contributed by atoms with Crippen LogP contribution in [0.15, 0.2) is 30.5 Å². The maximum absolute atomic E-state index is 13.2. The molecule has 0 aliphatic carbocycles. The van der Waals surface area contributed by atoms with Gasteiger partial charge in [-0.15, -0.1) is 0 Å². The van der Waals surface area contributed by atoms with Gasteiger partial charge < -0.3 is 5.32 Å². The minimum atomic E-state index is -0.405. The lowest BCUT2D eigenvalue weighted by Crippen LogP contribution is -2.08. The topological polar surface area (TPSA) is 29.9 Å². The average molecular weight is 254 g/mol. The van der Waals surface area contributed by atoms with Crippen molar-refractivity contribution in [2.75, 3.05) is 11.9 Å². The zero-order chi connectivity index (χ0) is 12.3. The SMILES string of the molecule is Cn1nccc1CCNc1ccc(Cl)c(F)c1. The van der Waals surface area contributed by atoms with E-state index in [1.54, 1.807) is 18.3 Å². The van der Waals surface area contributed by atoms with E-state index in [0.717, 1.165) is 24.3 Å². The van der Waals surface area contributed by atoms with Crippen molar-refractivity contribution in [1.82, 2.24) is 9.78 Å². The molecule has 1 N–H and O–H groups in total. The van der Waals surface area contributed by atoms with E-state index in [4.69, 9.17) is 11.6 Å². The molecule has 0 aliphatic rings. The van der Waals surface area contributed by atoms with Gasteiger partial charge in [0.05, 0.1) is 5.02 Å². The summed E-state index contributed by atoms with van der Waals surface area (Å²) in [5.74, 6) is -0.405. The summed E-state index contributed by atoms with van der Waals surface area (Å²) in [5.41, 5.74) is 1.86.